The van der Waals surface area contributed by atoms with Crippen molar-refractivity contribution < 1.29 is 9.50 Å². The lowest BCUT2D eigenvalue weighted by atomic mass is 9.82. The first-order valence-electron chi connectivity index (χ1n) is 5.60. The van der Waals surface area contributed by atoms with Crippen LogP contribution in [-0.2, 0) is 6.42 Å². The van der Waals surface area contributed by atoms with E-state index < -0.39 is 0 Å². The highest BCUT2D eigenvalue weighted by molar-refractivity contribution is 6.30. The highest BCUT2D eigenvalue weighted by Gasteiger charge is 2.34. The summed E-state index contributed by atoms with van der Waals surface area (Å²) in [7, 11) is 0. The molecule has 0 heterocycles. The zero-order valence-corrected chi connectivity index (χ0v) is 10.1. The van der Waals surface area contributed by atoms with Gasteiger partial charge in [-0.2, -0.15) is 0 Å². The molecule has 1 aliphatic carbocycles. The lowest BCUT2D eigenvalue weighted by Gasteiger charge is -2.23. The highest BCUT2D eigenvalue weighted by atomic mass is 35.5. The maximum absolute atomic E-state index is 13.6. The van der Waals surface area contributed by atoms with Crippen LogP contribution < -0.4 is 0 Å². The molecule has 1 aliphatic rings. The number of halogens is 2. The summed E-state index contributed by atoms with van der Waals surface area (Å²) in [5, 5.41) is 10.1. The lowest BCUT2D eigenvalue weighted by Crippen LogP contribution is -2.17. The van der Waals surface area contributed by atoms with E-state index in [9.17, 15) is 9.50 Å². The fourth-order valence-corrected chi connectivity index (χ4v) is 2.78. The van der Waals surface area contributed by atoms with Crippen molar-refractivity contribution in [2.24, 2.45) is 5.41 Å². The van der Waals surface area contributed by atoms with Crippen LogP contribution in [0.25, 0.3) is 0 Å². The van der Waals surface area contributed by atoms with Crippen LogP contribution >= 0.6 is 11.6 Å². The Morgan fingerprint density at radius 2 is 2.31 bits per heavy atom. The van der Waals surface area contributed by atoms with E-state index in [1.54, 1.807) is 12.1 Å². The molecule has 88 valence electrons. The summed E-state index contributed by atoms with van der Waals surface area (Å²) in [5.41, 5.74) is 0.661. The molecule has 1 aromatic carbocycles. The van der Waals surface area contributed by atoms with Gasteiger partial charge in [-0.05, 0) is 54.9 Å². The van der Waals surface area contributed by atoms with Gasteiger partial charge in [-0.3, -0.25) is 0 Å². The Bertz CT molecular complexity index is 394. The maximum Gasteiger partial charge on any atom is 0.126 e. The Morgan fingerprint density at radius 3 is 2.94 bits per heavy atom. The largest absolute Gasteiger partial charge is 0.393 e. The van der Waals surface area contributed by atoms with E-state index in [0.717, 1.165) is 19.3 Å². The molecule has 0 amide bonds. The molecule has 1 fully saturated rings. The van der Waals surface area contributed by atoms with Gasteiger partial charge >= 0.3 is 0 Å². The highest BCUT2D eigenvalue weighted by Crippen LogP contribution is 2.41. The van der Waals surface area contributed by atoms with Crippen molar-refractivity contribution >= 4 is 11.6 Å². The van der Waals surface area contributed by atoms with Gasteiger partial charge in [-0.15, -0.1) is 0 Å². The van der Waals surface area contributed by atoms with Gasteiger partial charge in [0, 0.05) is 5.02 Å². The summed E-state index contributed by atoms with van der Waals surface area (Å²) in [6.07, 6.45) is 2.93. The quantitative estimate of drug-likeness (QED) is 0.841. The van der Waals surface area contributed by atoms with Crippen LogP contribution in [0.4, 0.5) is 4.39 Å². The van der Waals surface area contributed by atoms with Gasteiger partial charge in [-0.25, -0.2) is 4.39 Å². The second-order valence-corrected chi connectivity index (χ2v) is 5.56. The molecule has 2 atom stereocenters. The summed E-state index contributed by atoms with van der Waals surface area (Å²) in [5.74, 6) is -0.202. The Labute approximate surface area is 100 Å². The first kappa shape index (κ1) is 11.9. The molecule has 0 radical (unpaired) electrons. The minimum absolute atomic E-state index is 0.00490. The van der Waals surface area contributed by atoms with Crippen molar-refractivity contribution in [1.29, 1.82) is 0 Å². The summed E-state index contributed by atoms with van der Waals surface area (Å²) in [6, 6.07) is 4.66. The first-order chi connectivity index (χ1) is 7.48. The van der Waals surface area contributed by atoms with Gasteiger partial charge in [-0.1, -0.05) is 18.5 Å². The monoisotopic (exact) mass is 242 g/mol. The van der Waals surface area contributed by atoms with Gasteiger partial charge in [0.25, 0.3) is 0 Å². The number of benzene rings is 1. The van der Waals surface area contributed by atoms with Gasteiger partial charge in [0.1, 0.15) is 5.82 Å². The Hall–Kier alpha value is -0.600. The summed E-state index contributed by atoms with van der Waals surface area (Å²) < 4.78 is 13.6. The second-order valence-electron chi connectivity index (χ2n) is 5.12. The minimum Gasteiger partial charge on any atom is -0.393 e. The topological polar surface area (TPSA) is 20.2 Å². The van der Waals surface area contributed by atoms with E-state index >= 15 is 0 Å². The Balaban J connectivity index is 2.17. The van der Waals surface area contributed by atoms with Crippen molar-refractivity contribution in [2.45, 2.75) is 38.7 Å². The average Bonchev–Trinajstić information content (AvgIpc) is 2.52. The molecule has 0 saturated heterocycles. The lowest BCUT2D eigenvalue weighted by molar-refractivity contribution is 0.163. The molecule has 1 aromatic rings. The van der Waals surface area contributed by atoms with E-state index in [1.807, 2.05) is 0 Å². The van der Waals surface area contributed by atoms with Crippen molar-refractivity contribution in [3.8, 4) is 0 Å². The zero-order chi connectivity index (χ0) is 11.8. The fraction of sp³-hybridized carbons (Fsp3) is 0.538. The normalized spacial score (nSPS) is 29.6. The third-order valence-electron chi connectivity index (χ3n) is 3.43. The molecule has 3 heteroatoms. The molecule has 1 saturated carbocycles. The molecule has 0 aromatic heterocycles. The van der Waals surface area contributed by atoms with Crippen LogP contribution in [0, 0.1) is 11.2 Å². The maximum atomic E-state index is 13.6. The molecule has 1 nitrogen and oxygen atoms in total. The third-order valence-corrected chi connectivity index (χ3v) is 3.67. The average molecular weight is 243 g/mol. The molecule has 0 aliphatic heterocycles. The fourth-order valence-electron chi connectivity index (χ4n) is 2.59. The van der Waals surface area contributed by atoms with E-state index in [-0.39, 0.29) is 17.3 Å². The summed E-state index contributed by atoms with van der Waals surface area (Å²) in [6.45, 7) is 2.10. The van der Waals surface area contributed by atoms with Crippen LogP contribution in [0.15, 0.2) is 18.2 Å². The second kappa shape index (κ2) is 4.34. The molecule has 0 spiro atoms. The molecular formula is C13H16ClFO. The number of rotatable bonds is 2. The van der Waals surface area contributed by atoms with Crippen molar-refractivity contribution in [2.75, 3.05) is 0 Å². The minimum atomic E-state index is -0.229. The van der Waals surface area contributed by atoms with Crippen LogP contribution in [-0.4, -0.2) is 11.2 Å². The number of aliphatic hydroxyl groups excluding tert-OH is 1. The van der Waals surface area contributed by atoms with Gasteiger partial charge < -0.3 is 5.11 Å². The predicted octanol–water partition coefficient (Wildman–Crippen LogP) is 3.57. The smallest absolute Gasteiger partial charge is 0.126 e. The van der Waals surface area contributed by atoms with Gasteiger partial charge in [0.05, 0.1) is 6.10 Å². The van der Waals surface area contributed by atoms with Gasteiger partial charge in [0.15, 0.2) is 0 Å². The molecule has 2 unspecified atom stereocenters. The number of hydrogen-bond acceptors (Lipinski definition) is 1. The summed E-state index contributed by atoms with van der Waals surface area (Å²) in [4.78, 5) is 0. The van der Waals surface area contributed by atoms with Crippen LogP contribution in [0.3, 0.4) is 0 Å². The molecule has 0 bridgehead atoms. The predicted molar refractivity (Wildman–Crippen MR) is 63.1 cm³/mol. The van der Waals surface area contributed by atoms with Crippen molar-refractivity contribution in [1.82, 2.24) is 0 Å². The van der Waals surface area contributed by atoms with Crippen LogP contribution in [0.2, 0.25) is 5.02 Å². The first-order valence-corrected chi connectivity index (χ1v) is 5.98. The zero-order valence-electron chi connectivity index (χ0n) is 9.34. The van der Waals surface area contributed by atoms with E-state index in [0.29, 0.717) is 17.0 Å². The Kier molecular flexibility index (Phi) is 3.22. The van der Waals surface area contributed by atoms with Crippen LogP contribution in [0.1, 0.15) is 31.7 Å². The number of aliphatic hydroxyl groups is 1. The van der Waals surface area contributed by atoms with E-state index in [1.165, 1.54) is 6.07 Å². The number of hydrogen-bond donors (Lipinski definition) is 1. The van der Waals surface area contributed by atoms with E-state index in [4.69, 9.17) is 11.6 Å². The third kappa shape index (κ3) is 2.55. The standard InChI is InChI=1S/C13H16ClFO/c1-13(5-4-11(16)8-13)7-9-6-10(14)2-3-12(9)15/h2-3,6,11,16H,4-5,7-8H2,1H3. The molecular weight excluding hydrogens is 227 g/mol. The van der Waals surface area contributed by atoms with Crippen LogP contribution in [0.5, 0.6) is 0 Å². The van der Waals surface area contributed by atoms with E-state index in [2.05, 4.69) is 6.92 Å². The molecule has 16 heavy (non-hydrogen) atoms. The summed E-state index contributed by atoms with van der Waals surface area (Å²) >= 11 is 5.86. The van der Waals surface area contributed by atoms with Crippen molar-refractivity contribution in [3.05, 3.63) is 34.6 Å². The van der Waals surface area contributed by atoms with Gasteiger partial charge in [0.2, 0.25) is 0 Å². The molecule has 2 rings (SSSR count). The van der Waals surface area contributed by atoms with Crippen molar-refractivity contribution in [3.63, 3.8) is 0 Å². The Morgan fingerprint density at radius 1 is 1.56 bits per heavy atom. The SMILES string of the molecule is CC1(Cc2cc(Cl)ccc2F)CCC(O)C1. The molecule has 1 N–H and O–H groups in total.